The Morgan fingerprint density at radius 2 is 1.72 bits per heavy atom. The number of anilines is 1. The van der Waals surface area contributed by atoms with Gasteiger partial charge in [0.05, 0.1) is 11.0 Å². The largest absolute Gasteiger partial charge is 0.322 e. The summed E-state index contributed by atoms with van der Waals surface area (Å²) in [7, 11) is 0. The highest BCUT2D eigenvalue weighted by atomic mass is 16.1. The van der Waals surface area contributed by atoms with Gasteiger partial charge in [-0.25, -0.2) is 4.98 Å². The number of hydrogen-bond donors (Lipinski definition) is 1. The standard InChI is InChI=1S/C21H17N3O/c1-15-7-5-6-10-18(15)23-21(25)16-11-12-20-19(13-16)22-14-24(20)17-8-3-2-4-9-17/h2-14H,1H3,(H,23,25). The molecule has 0 radical (unpaired) electrons. The summed E-state index contributed by atoms with van der Waals surface area (Å²) in [6, 6.07) is 23.3. The van der Waals surface area contributed by atoms with Crippen LogP contribution in [0, 0.1) is 6.92 Å². The van der Waals surface area contributed by atoms with Crippen molar-refractivity contribution in [3.63, 3.8) is 0 Å². The van der Waals surface area contributed by atoms with Crippen molar-refractivity contribution < 1.29 is 4.79 Å². The summed E-state index contributed by atoms with van der Waals surface area (Å²) in [4.78, 5) is 17.0. The van der Waals surface area contributed by atoms with E-state index in [1.807, 2.05) is 84.3 Å². The fraction of sp³-hybridized carbons (Fsp3) is 0.0476. The van der Waals surface area contributed by atoms with Crippen molar-refractivity contribution in [2.75, 3.05) is 5.32 Å². The third kappa shape index (κ3) is 2.90. The molecule has 0 aliphatic heterocycles. The van der Waals surface area contributed by atoms with E-state index in [1.165, 1.54) is 0 Å². The van der Waals surface area contributed by atoms with Crippen LogP contribution in [0.3, 0.4) is 0 Å². The number of nitrogens with zero attached hydrogens (tertiary/aromatic N) is 2. The maximum atomic E-state index is 12.5. The molecule has 4 heteroatoms. The van der Waals surface area contributed by atoms with E-state index in [-0.39, 0.29) is 5.91 Å². The molecule has 0 aliphatic rings. The second-order valence-electron chi connectivity index (χ2n) is 5.92. The lowest BCUT2D eigenvalue weighted by Crippen LogP contribution is -2.12. The summed E-state index contributed by atoms with van der Waals surface area (Å²) in [5, 5.41) is 2.96. The number of amides is 1. The number of aryl methyl sites for hydroxylation is 1. The number of nitrogens with one attached hydrogen (secondary N) is 1. The highest BCUT2D eigenvalue weighted by Gasteiger charge is 2.11. The van der Waals surface area contributed by atoms with E-state index in [0.29, 0.717) is 5.56 Å². The van der Waals surface area contributed by atoms with Crippen molar-refractivity contribution >= 4 is 22.6 Å². The summed E-state index contributed by atoms with van der Waals surface area (Å²) >= 11 is 0. The first-order valence-corrected chi connectivity index (χ1v) is 8.12. The minimum atomic E-state index is -0.134. The van der Waals surface area contributed by atoms with Gasteiger partial charge >= 0.3 is 0 Å². The SMILES string of the molecule is Cc1ccccc1NC(=O)c1ccc2c(c1)ncn2-c1ccccc1. The number of para-hydroxylation sites is 2. The molecular weight excluding hydrogens is 310 g/mol. The first-order valence-electron chi connectivity index (χ1n) is 8.12. The maximum absolute atomic E-state index is 12.5. The quantitative estimate of drug-likeness (QED) is 0.598. The molecule has 0 unspecified atom stereocenters. The lowest BCUT2D eigenvalue weighted by atomic mass is 10.1. The van der Waals surface area contributed by atoms with Gasteiger partial charge in [0.1, 0.15) is 6.33 Å². The predicted molar refractivity (Wildman–Crippen MR) is 100 cm³/mol. The molecule has 0 saturated heterocycles. The summed E-state index contributed by atoms with van der Waals surface area (Å²) < 4.78 is 2.01. The van der Waals surface area contributed by atoms with Crippen LogP contribution in [0.25, 0.3) is 16.7 Å². The van der Waals surface area contributed by atoms with Crippen LogP contribution in [0.5, 0.6) is 0 Å². The van der Waals surface area contributed by atoms with Gasteiger partial charge in [0.2, 0.25) is 0 Å². The van der Waals surface area contributed by atoms with Gasteiger partial charge in [0.25, 0.3) is 5.91 Å². The Balaban J connectivity index is 1.66. The average molecular weight is 327 g/mol. The van der Waals surface area contributed by atoms with Gasteiger partial charge in [0.15, 0.2) is 0 Å². The minimum Gasteiger partial charge on any atom is -0.322 e. The van der Waals surface area contributed by atoms with Crippen LogP contribution in [-0.2, 0) is 0 Å². The van der Waals surface area contributed by atoms with Crippen LogP contribution < -0.4 is 5.32 Å². The molecule has 122 valence electrons. The van der Waals surface area contributed by atoms with E-state index in [2.05, 4.69) is 10.3 Å². The lowest BCUT2D eigenvalue weighted by Gasteiger charge is -2.08. The Kier molecular flexibility index (Phi) is 3.78. The van der Waals surface area contributed by atoms with E-state index < -0.39 is 0 Å². The van der Waals surface area contributed by atoms with Crippen molar-refractivity contribution in [2.45, 2.75) is 6.92 Å². The third-order valence-corrected chi connectivity index (χ3v) is 4.24. The number of fused-ring (bicyclic) bond motifs is 1. The van der Waals surface area contributed by atoms with Crippen molar-refractivity contribution in [3.05, 3.63) is 90.3 Å². The van der Waals surface area contributed by atoms with Crippen LogP contribution >= 0.6 is 0 Å². The molecule has 1 N–H and O–H groups in total. The molecule has 4 nitrogen and oxygen atoms in total. The van der Waals surface area contributed by atoms with Gasteiger partial charge in [-0.2, -0.15) is 0 Å². The molecule has 1 heterocycles. The maximum Gasteiger partial charge on any atom is 0.255 e. The molecule has 4 rings (SSSR count). The first kappa shape index (κ1) is 15.1. The Morgan fingerprint density at radius 3 is 2.52 bits per heavy atom. The number of imidazole rings is 1. The number of carbonyl (C=O) groups excluding carboxylic acids is 1. The normalized spacial score (nSPS) is 10.8. The third-order valence-electron chi connectivity index (χ3n) is 4.24. The number of rotatable bonds is 3. The zero-order valence-corrected chi connectivity index (χ0v) is 13.8. The van der Waals surface area contributed by atoms with E-state index in [9.17, 15) is 4.79 Å². The molecule has 3 aromatic carbocycles. The van der Waals surface area contributed by atoms with Crippen molar-refractivity contribution in [1.82, 2.24) is 9.55 Å². The van der Waals surface area contributed by atoms with Crippen LogP contribution in [0.15, 0.2) is 79.1 Å². The van der Waals surface area contributed by atoms with Crippen LogP contribution in [0.4, 0.5) is 5.69 Å². The number of carbonyl (C=O) groups is 1. The van der Waals surface area contributed by atoms with Gasteiger partial charge in [-0.1, -0.05) is 36.4 Å². The van der Waals surface area contributed by atoms with Crippen LogP contribution in [0.1, 0.15) is 15.9 Å². The summed E-state index contributed by atoms with van der Waals surface area (Å²) in [5.41, 5.74) is 5.25. The molecule has 0 atom stereocenters. The fourth-order valence-corrected chi connectivity index (χ4v) is 2.86. The number of aromatic nitrogens is 2. The van der Waals surface area contributed by atoms with Crippen LogP contribution in [-0.4, -0.2) is 15.5 Å². The molecule has 0 aliphatic carbocycles. The Hall–Kier alpha value is -3.40. The zero-order valence-electron chi connectivity index (χ0n) is 13.8. The summed E-state index contributed by atoms with van der Waals surface area (Å²) in [6.45, 7) is 1.97. The van der Waals surface area contributed by atoms with Crippen molar-refractivity contribution in [3.8, 4) is 5.69 Å². The summed E-state index contributed by atoms with van der Waals surface area (Å²) in [5.74, 6) is -0.134. The topological polar surface area (TPSA) is 46.9 Å². The zero-order chi connectivity index (χ0) is 17.2. The fourth-order valence-electron chi connectivity index (χ4n) is 2.86. The van der Waals surface area contributed by atoms with Gasteiger partial charge in [-0.15, -0.1) is 0 Å². The smallest absolute Gasteiger partial charge is 0.255 e. The average Bonchev–Trinajstić information content (AvgIpc) is 3.07. The summed E-state index contributed by atoms with van der Waals surface area (Å²) in [6.07, 6.45) is 1.78. The Labute approximate surface area is 145 Å². The van der Waals surface area contributed by atoms with Gasteiger partial charge < -0.3 is 5.32 Å². The Bertz CT molecular complexity index is 1050. The minimum absolute atomic E-state index is 0.134. The van der Waals surface area contributed by atoms with Gasteiger partial charge in [-0.3, -0.25) is 9.36 Å². The molecule has 1 aromatic heterocycles. The second kappa shape index (κ2) is 6.24. The van der Waals surface area contributed by atoms with Gasteiger partial charge in [0, 0.05) is 16.9 Å². The monoisotopic (exact) mass is 327 g/mol. The second-order valence-corrected chi connectivity index (χ2v) is 5.92. The number of hydrogen-bond acceptors (Lipinski definition) is 2. The molecular formula is C21H17N3O. The van der Waals surface area contributed by atoms with E-state index in [0.717, 1.165) is 28.0 Å². The molecule has 0 spiro atoms. The lowest BCUT2D eigenvalue weighted by molar-refractivity contribution is 0.102. The van der Waals surface area contributed by atoms with Crippen molar-refractivity contribution in [2.24, 2.45) is 0 Å². The van der Waals surface area contributed by atoms with E-state index >= 15 is 0 Å². The number of benzene rings is 3. The van der Waals surface area contributed by atoms with E-state index in [4.69, 9.17) is 0 Å². The molecule has 0 saturated carbocycles. The predicted octanol–water partition coefficient (Wildman–Crippen LogP) is 4.59. The van der Waals surface area contributed by atoms with E-state index in [1.54, 1.807) is 6.33 Å². The highest BCUT2D eigenvalue weighted by molar-refractivity contribution is 6.06. The Morgan fingerprint density at radius 1 is 0.960 bits per heavy atom. The highest BCUT2D eigenvalue weighted by Crippen LogP contribution is 2.20. The van der Waals surface area contributed by atoms with Crippen molar-refractivity contribution in [1.29, 1.82) is 0 Å². The molecule has 25 heavy (non-hydrogen) atoms. The molecule has 4 aromatic rings. The molecule has 0 fully saturated rings. The van der Waals surface area contributed by atoms with Crippen LogP contribution in [0.2, 0.25) is 0 Å². The molecule has 1 amide bonds. The molecule has 0 bridgehead atoms. The first-order chi connectivity index (χ1) is 12.2. The van der Waals surface area contributed by atoms with Gasteiger partial charge in [-0.05, 0) is 48.9 Å².